The third-order valence-corrected chi connectivity index (χ3v) is 3.88. The van der Waals surface area contributed by atoms with Crippen LogP contribution in [0, 0.1) is 0 Å². The van der Waals surface area contributed by atoms with Gasteiger partial charge in [-0.3, -0.25) is 14.5 Å². The predicted octanol–water partition coefficient (Wildman–Crippen LogP) is 3.38. The normalized spacial score (nSPS) is 16.9. The number of hydrogen-bond acceptors (Lipinski definition) is 3. The summed E-state index contributed by atoms with van der Waals surface area (Å²) in [7, 11) is 0. The molecular weight excluding hydrogens is 396 g/mol. The van der Waals surface area contributed by atoms with Crippen LogP contribution in [-0.2, 0) is 21.9 Å². The Hall–Kier alpha value is -2.79. The van der Waals surface area contributed by atoms with Crippen LogP contribution >= 0.6 is 0 Å². The first-order valence-corrected chi connectivity index (χ1v) is 7.85. The monoisotopic (exact) mass is 411 g/mol. The second-order valence-electron chi connectivity index (χ2n) is 6.60. The molecule has 0 atom stereocenters. The summed E-state index contributed by atoms with van der Waals surface area (Å²) < 4.78 is 76.9. The zero-order valence-electron chi connectivity index (χ0n) is 14.6. The Labute approximate surface area is 154 Å². The van der Waals surface area contributed by atoms with Crippen molar-refractivity contribution in [3.05, 3.63) is 29.3 Å². The highest BCUT2D eigenvalue weighted by molar-refractivity contribution is 6.06. The summed E-state index contributed by atoms with van der Waals surface area (Å²) in [4.78, 5) is 36.3. The Morgan fingerprint density at radius 1 is 1.04 bits per heavy atom. The highest BCUT2D eigenvalue weighted by Gasteiger charge is 2.44. The van der Waals surface area contributed by atoms with Crippen molar-refractivity contribution in [2.45, 2.75) is 38.2 Å². The lowest BCUT2D eigenvalue weighted by molar-refractivity contribution is -0.143. The van der Waals surface area contributed by atoms with E-state index in [2.05, 4.69) is 5.32 Å². The second-order valence-corrected chi connectivity index (χ2v) is 6.60. The third kappa shape index (κ3) is 4.73. The molecule has 1 fully saturated rings. The average Bonchev–Trinajstić information content (AvgIpc) is 2.71. The maximum absolute atomic E-state index is 12.8. The average molecular weight is 411 g/mol. The number of amides is 4. The van der Waals surface area contributed by atoms with Gasteiger partial charge in [-0.2, -0.15) is 26.3 Å². The van der Waals surface area contributed by atoms with Crippen LogP contribution in [0.3, 0.4) is 0 Å². The molecule has 1 aliphatic heterocycles. The molecule has 0 aromatic heterocycles. The molecule has 2 rings (SSSR count). The van der Waals surface area contributed by atoms with Crippen molar-refractivity contribution in [3.63, 3.8) is 0 Å². The van der Waals surface area contributed by atoms with E-state index in [9.17, 15) is 40.7 Å². The minimum absolute atomic E-state index is 0.0645. The zero-order valence-corrected chi connectivity index (χ0v) is 14.6. The predicted molar refractivity (Wildman–Crippen MR) is 84.0 cm³/mol. The molecule has 0 bridgehead atoms. The molecule has 0 unspecified atom stereocenters. The van der Waals surface area contributed by atoms with Crippen LogP contribution in [0.25, 0.3) is 0 Å². The van der Waals surface area contributed by atoms with Crippen molar-refractivity contribution < 1.29 is 40.7 Å². The molecule has 1 aromatic rings. The molecular formula is C16H15F6N3O3. The van der Waals surface area contributed by atoms with Gasteiger partial charge in [0.2, 0.25) is 5.91 Å². The van der Waals surface area contributed by atoms with Crippen LogP contribution in [0.1, 0.15) is 31.4 Å². The van der Waals surface area contributed by atoms with Gasteiger partial charge in [0.25, 0.3) is 5.91 Å². The van der Waals surface area contributed by atoms with Gasteiger partial charge in [0.1, 0.15) is 5.54 Å². The molecule has 0 radical (unpaired) electrons. The number of rotatable bonds is 4. The smallest absolute Gasteiger partial charge is 0.326 e. The fraction of sp³-hybridized carbons (Fsp3) is 0.438. The Morgan fingerprint density at radius 3 is 1.93 bits per heavy atom. The van der Waals surface area contributed by atoms with E-state index >= 15 is 0 Å². The topological polar surface area (TPSA) is 78.5 Å². The number of nitrogens with zero attached hydrogens (tertiary/aromatic N) is 1. The molecule has 28 heavy (non-hydrogen) atoms. The molecule has 6 nitrogen and oxygen atoms in total. The molecule has 1 aliphatic rings. The summed E-state index contributed by atoms with van der Waals surface area (Å²) in [6, 6.07) is -0.0833. The number of nitrogens with one attached hydrogen (secondary N) is 2. The Morgan fingerprint density at radius 2 is 1.54 bits per heavy atom. The SMILES string of the molecule is CC1(C)NC(=O)N(CCC(=O)Nc2cc(C(F)(F)F)cc(C(F)(F)F)c2)C1=O. The number of anilines is 1. The number of imide groups is 1. The molecule has 154 valence electrons. The van der Waals surface area contributed by atoms with Crippen LogP contribution in [0.5, 0.6) is 0 Å². The third-order valence-electron chi connectivity index (χ3n) is 3.88. The summed E-state index contributed by atoms with van der Waals surface area (Å²) in [5.41, 5.74) is -5.03. The lowest BCUT2D eigenvalue weighted by Crippen LogP contribution is -2.40. The lowest BCUT2D eigenvalue weighted by atomic mass is 10.1. The second kappa shape index (κ2) is 6.99. The molecule has 4 amide bonds. The van der Waals surface area contributed by atoms with Crippen molar-refractivity contribution in [1.82, 2.24) is 10.2 Å². The number of carbonyl (C=O) groups is 3. The summed E-state index contributed by atoms with van der Waals surface area (Å²) in [5, 5.41) is 4.30. The molecule has 0 aliphatic carbocycles. The van der Waals surface area contributed by atoms with Crippen LogP contribution in [0.2, 0.25) is 0 Å². The quantitative estimate of drug-likeness (QED) is 0.589. The first-order valence-electron chi connectivity index (χ1n) is 7.85. The van der Waals surface area contributed by atoms with E-state index < -0.39 is 59.0 Å². The van der Waals surface area contributed by atoms with E-state index in [0.29, 0.717) is 12.1 Å². The Kier molecular flexibility index (Phi) is 5.37. The fourth-order valence-electron chi connectivity index (χ4n) is 2.48. The van der Waals surface area contributed by atoms with Gasteiger partial charge >= 0.3 is 18.4 Å². The van der Waals surface area contributed by atoms with Gasteiger partial charge in [-0.05, 0) is 32.0 Å². The number of halogens is 6. The summed E-state index contributed by atoms with van der Waals surface area (Å²) in [5.74, 6) is -1.57. The van der Waals surface area contributed by atoms with Gasteiger partial charge in [-0.15, -0.1) is 0 Å². The largest absolute Gasteiger partial charge is 0.416 e. The fourth-order valence-corrected chi connectivity index (χ4v) is 2.48. The van der Waals surface area contributed by atoms with Gasteiger partial charge in [0, 0.05) is 18.7 Å². The minimum Gasteiger partial charge on any atom is -0.326 e. The Balaban J connectivity index is 2.13. The van der Waals surface area contributed by atoms with Crippen LogP contribution in [0.15, 0.2) is 18.2 Å². The van der Waals surface area contributed by atoms with Gasteiger partial charge in [-0.25, -0.2) is 4.79 Å². The molecule has 0 saturated carbocycles. The van der Waals surface area contributed by atoms with Crippen molar-refractivity contribution in [2.24, 2.45) is 0 Å². The number of carbonyl (C=O) groups excluding carboxylic acids is 3. The summed E-state index contributed by atoms with van der Waals surface area (Å²) >= 11 is 0. The molecule has 1 heterocycles. The molecule has 0 spiro atoms. The van der Waals surface area contributed by atoms with Crippen LogP contribution in [-0.4, -0.2) is 34.8 Å². The van der Waals surface area contributed by atoms with Gasteiger partial charge in [-0.1, -0.05) is 0 Å². The minimum atomic E-state index is -5.05. The molecule has 1 aromatic carbocycles. The van der Waals surface area contributed by atoms with E-state index in [-0.39, 0.29) is 12.6 Å². The van der Waals surface area contributed by atoms with Crippen molar-refractivity contribution in [2.75, 3.05) is 11.9 Å². The highest BCUT2D eigenvalue weighted by Crippen LogP contribution is 2.37. The number of hydrogen-bond donors (Lipinski definition) is 2. The van der Waals surface area contributed by atoms with Crippen molar-refractivity contribution in [3.8, 4) is 0 Å². The van der Waals surface area contributed by atoms with E-state index in [1.165, 1.54) is 13.8 Å². The number of benzene rings is 1. The first-order chi connectivity index (χ1) is 12.6. The molecule has 12 heteroatoms. The number of alkyl halides is 6. The van der Waals surface area contributed by atoms with E-state index in [1.807, 2.05) is 5.32 Å². The van der Waals surface area contributed by atoms with Crippen LogP contribution < -0.4 is 10.6 Å². The first kappa shape index (κ1) is 21.5. The Bertz CT molecular complexity index is 785. The maximum atomic E-state index is 12.8. The van der Waals surface area contributed by atoms with Crippen molar-refractivity contribution in [1.29, 1.82) is 0 Å². The zero-order chi connectivity index (χ0) is 21.5. The van der Waals surface area contributed by atoms with Crippen LogP contribution in [0.4, 0.5) is 36.8 Å². The highest BCUT2D eigenvalue weighted by atomic mass is 19.4. The van der Waals surface area contributed by atoms with E-state index in [0.717, 1.165) is 4.90 Å². The summed E-state index contributed by atoms with van der Waals surface area (Å²) in [6.07, 6.45) is -10.6. The number of urea groups is 1. The molecule has 1 saturated heterocycles. The van der Waals surface area contributed by atoms with Crippen molar-refractivity contribution >= 4 is 23.5 Å². The van der Waals surface area contributed by atoms with Gasteiger partial charge < -0.3 is 10.6 Å². The molecule has 2 N–H and O–H groups in total. The standard InChI is InChI=1S/C16H15F6N3O3/c1-14(2)12(27)25(13(28)24-14)4-3-11(26)23-10-6-8(15(17,18)19)5-9(7-10)16(20,21)22/h5-7H,3-4H2,1-2H3,(H,23,26)(H,24,28). The maximum Gasteiger partial charge on any atom is 0.416 e. The van der Waals surface area contributed by atoms with E-state index in [4.69, 9.17) is 0 Å². The lowest BCUT2D eigenvalue weighted by Gasteiger charge is -2.16. The summed E-state index contributed by atoms with van der Waals surface area (Å²) in [6.45, 7) is 2.49. The van der Waals surface area contributed by atoms with E-state index in [1.54, 1.807) is 0 Å². The van der Waals surface area contributed by atoms with Gasteiger partial charge in [0.05, 0.1) is 11.1 Å². The van der Waals surface area contributed by atoms with Gasteiger partial charge in [0.15, 0.2) is 0 Å².